The van der Waals surface area contributed by atoms with Crippen LogP contribution in [0.4, 0.5) is 30.8 Å². The molecule has 1 aromatic carbocycles. The third-order valence-electron chi connectivity index (χ3n) is 5.37. The van der Waals surface area contributed by atoms with E-state index in [1.54, 1.807) is 36.2 Å². The van der Waals surface area contributed by atoms with Gasteiger partial charge in [-0.05, 0) is 25.0 Å². The number of carboxylic acids is 1. The van der Waals surface area contributed by atoms with Gasteiger partial charge in [0.1, 0.15) is 11.6 Å². The minimum Gasteiger partial charge on any atom is -0.481 e. The fraction of sp³-hybridized carbons (Fsp3) is 0.333. The molecular weight excluding hydrogens is 425 g/mol. The number of alkyl halides is 3. The van der Waals surface area contributed by atoms with Crippen molar-refractivity contribution in [2.45, 2.75) is 25.4 Å². The van der Waals surface area contributed by atoms with Crippen LogP contribution < -0.4 is 10.2 Å². The lowest BCUT2D eigenvalue weighted by atomic mass is 9.84. The molecule has 1 aliphatic rings. The Labute approximate surface area is 181 Å². The third-order valence-corrected chi connectivity index (χ3v) is 5.37. The Kier molecular flexibility index (Phi) is 5.72. The van der Waals surface area contributed by atoms with Gasteiger partial charge in [-0.1, -0.05) is 18.2 Å². The Morgan fingerprint density at radius 3 is 2.72 bits per heavy atom. The molecule has 1 fully saturated rings. The molecule has 2 aromatic heterocycles. The molecule has 0 saturated carbocycles. The molecule has 0 spiro atoms. The highest BCUT2D eigenvalue weighted by Crippen LogP contribution is 2.36. The molecule has 1 saturated heterocycles. The van der Waals surface area contributed by atoms with Crippen LogP contribution >= 0.6 is 0 Å². The Morgan fingerprint density at radius 1 is 1.22 bits per heavy atom. The molecule has 168 valence electrons. The first-order valence-electron chi connectivity index (χ1n) is 9.96. The van der Waals surface area contributed by atoms with Gasteiger partial charge in [0.05, 0.1) is 17.7 Å². The van der Waals surface area contributed by atoms with Crippen molar-refractivity contribution in [2.75, 3.05) is 23.3 Å². The average Bonchev–Trinajstić information content (AvgIpc) is 3.25. The molecule has 0 bridgehead atoms. The van der Waals surface area contributed by atoms with Gasteiger partial charge >= 0.3 is 12.1 Å². The van der Waals surface area contributed by atoms with Crippen molar-refractivity contribution in [1.29, 1.82) is 0 Å². The second-order valence-corrected chi connectivity index (χ2v) is 7.79. The van der Waals surface area contributed by atoms with Gasteiger partial charge in [-0.2, -0.15) is 23.3 Å². The number of aromatic nitrogens is 4. The Morgan fingerprint density at radius 2 is 2.03 bits per heavy atom. The molecule has 0 amide bonds. The van der Waals surface area contributed by atoms with E-state index >= 15 is 0 Å². The van der Waals surface area contributed by atoms with Gasteiger partial charge in [0.25, 0.3) is 0 Å². The molecule has 32 heavy (non-hydrogen) atoms. The smallest absolute Gasteiger partial charge is 0.416 e. The molecule has 8 nitrogen and oxygen atoms in total. The van der Waals surface area contributed by atoms with Crippen molar-refractivity contribution in [3.05, 3.63) is 59.4 Å². The number of hydrogen-bond donors (Lipinski definition) is 3. The molecule has 4 rings (SSSR count). The average molecular weight is 446 g/mol. The van der Waals surface area contributed by atoms with Crippen molar-refractivity contribution >= 4 is 23.6 Å². The molecule has 1 aliphatic heterocycles. The molecule has 0 radical (unpaired) electrons. The lowest BCUT2D eigenvalue weighted by Gasteiger charge is -2.36. The molecule has 2 atom stereocenters. The van der Waals surface area contributed by atoms with E-state index in [0.717, 1.165) is 12.1 Å². The van der Waals surface area contributed by atoms with Crippen LogP contribution in [0.1, 0.15) is 29.2 Å². The van der Waals surface area contributed by atoms with E-state index in [1.807, 2.05) is 0 Å². The number of nitrogens with zero attached hydrogens (tertiary/aromatic N) is 4. The number of halogens is 3. The summed E-state index contributed by atoms with van der Waals surface area (Å²) in [6, 6.07) is 8.51. The molecule has 3 heterocycles. The molecule has 0 unspecified atom stereocenters. The fourth-order valence-electron chi connectivity index (χ4n) is 3.87. The highest BCUT2D eigenvalue weighted by molar-refractivity contribution is 5.71. The summed E-state index contributed by atoms with van der Waals surface area (Å²) in [7, 11) is 0. The second kappa shape index (κ2) is 8.48. The van der Waals surface area contributed by atoms with E-state index in [2.05, 4.69) is 25.5 Å². The Balaban J connectivity index is 1.64. The van der Waals surface area contributed by atoms with E-state index < -0.39 is 29.5 Å². The van der Waals surface area contributed by atoms with Crippen molar-refractivity contribution in [3.8, 4) is 0 Å². The first-order chi connectivity index (χ1) is 15.2. The summed E-state index contributed by atoms with van der Waals surface area (Å²) in [4.78, 5) is 22.5. The summed E-state index contributed by atoms with van der Waals surface area (Å²) in [6.07, 6.45) is -2.65. The van der Waals surface area contributed by atoms with Crippen LogP contribution in [0.2, 0.25) is 0 Å². The summed E-state index contributed by atoms with van der Waals surface area (Å²) in [5.74, 6) is -0.760. The zero-order valence-electron chi connectivity index (χ0n) is 17.1. The summed E-state index contributed by atoms with van der Waals surface area (Å²) < 4.78 is 39.6. The first kappa shape index (κ1) is 21.6. The van der Waals surface area contributed by atoms with Crippen LogP contribution in [0.5, 0.6) is 0 Å². The third kappa shape index (κ3) is 4.82. The number of aliphatic carboxylic acids is 1. The molecule has 0 aliphatic carbocycles. The van der Waals surface area contributed by atoms with Crippen LogP contribution in [-0.2, 0) is 11.0 Å². The summed E-state index contributed by atoms with van der Waals surface area (Å²) >= 11 is 0. The minimum absolute atomic E-state index is 0.164. The lowest BCUT2D eigenvalue weighted by molar-refractivity contribution is -0.142. The zero-order chi connectivity index (χ0) is 22.9. The number of piperidine rings is 1. The van der Waals surface area contributed by atoms with E-state index in [0.29, 0.717) is 35.4 Å². The lowest BCUT2D eigenvalue weighted by Crippen LogP contribution is -2.43. The monoisotopic (exact) mass is 446 g/mol. The van der Waals surface area contributed by atoms with Crippen LogP contribution in [-0.4, -0.2) is 44.3 Å². The summed E-state index contributed by atoms with van der Waals surface area (Å²) in [6.45, 7) is 2.25. The fourth-order valence-corrected chi connectivity index (χ4v) is 3.87. The Bertz CT molecular complexity index is 1100. The van der Waals surface area contributed by atoms with Gasteiger partial charge in [0.15, 0.2) is 0 Å². The van der Waals surface area contributed by atoms with Crippen molar-refractivity contribution in [2.24, 2.45) is 5.92 Å². The number of hydrogen-bond acceptors (Lipinski definition) is 6. The van der Waals surface area contributed by atoms with E-state index in [4.69, 9.17) is 0 Å². The van der Waals surface area contributed by atoms with Gasteiger partial charge in [0.2, 0.25) is 5.95 Å². The largest absolute Gasteiger partial charge is 0.481 e. The number of rotatable bonds is 5. The molecular formula is C21H21F3N6O2. The highest BCUT2D eigenvalue weighted by Gasteiger charge is 2.35. The standard InChI is InChI=1S/C21H21F3N6O2/c1-12-7-18(27-17-5-6-25-29-17)28-20(26-12)30-10-14(8-15(11-30)19(31)32)13-3-2-4-16(9-13)21(22,23)24/h2-7,9,14-15H,8,10-11H2,1H3,(H,31,32)(H2,25,26,27,28,29)/t14-,15+/m1/s1. The number of aromatic amines is 1. The number of carboxylic acid groups (broad SMARTS) is 1. The van der Waals surface area contributed by atoms with Crippen LogP contribution in [0.25, 0.3) is 0 Å². The second-order valence-electron chi connectivity index (χ2n) is 7.79. The minimum atomic E-state index is -4.47. The number of benzene rings is 1. The maximum Gasteiger partial charge on any atom is 0.416 e. The van der Waals surface area contributed by atoms with Gasteiger partial charge in [-0.3, -0.25) is 9.89 Å². The van der Waals surface area contributed by atoms with Crippen LogP contribution in [0.3, 0.4) is 0 Å². The zero-order valence-corrected chi connectivity index (χ0v) is 17.1. The normalized spacial score (nSPS) is 19.1. The SMILES string of the molecule is Cc1cc(Nc2ccn[nH]2)nc(N2C[C@@H](C(=O)O)C[C@@H](c3cccc(C(F)(F)F)c3)C2)n1. The predicted octanol–water partition coefficient (Wildman–Crippen LogP) is 3.97. The maximum atomic E-state index is 13.2. The van der Waals surface area contributed by atoms with E-state index in [-0.39, 0.29) is 13.0 Å². The van der Waals surface area contributed by atoms with E-state index in [1.165, 1.54) is 6.07 Å². The van der Waals surface area contributed by atoms with Crippen LogP contribution in [0, 0.1) is 12.8 Å². The predicted molar refractivity (Wildman–Crippen MR) is 111 cm³/mol. The number of anilines is 3. The quantitative estimate of drug-likeness (QED) is 0.545. The molecule has 3 aromatic rings. The maximum absolute atomic E-state index is 13.2. The van der Waals surface area contributed by atoms with Crippen molar-refractivity contribution in [1.82, 2.24) is 20.2 Å². The van der Waals surface area contributed by atoms with Gasteiger partial charge in [-0.25, -0.2) is 4.98 Å². The van der Waals surface area contributed by atoms with Crippen LogP contribution in [0.15, 0.2) is 42.6 Å². The van der Waals surface area contributed by atoms with E-state index in [9.17, 15) is 23.1 Å². The van der Waals surface area contributed by atoms with Gasteiger partial charge < -0.3 is 15.3 Å². The Hall–Kier alpha value is -3.63. The highest BCUT2D eigenvalue weighted by atomic mass is 19.4. The molecule has 11 heteroatoms. The van der Waals surface area contributed by atoms with Crippen molar-refractivity contribution in [3.63, 3.8) is 0 Å². The van der Waals surface area contributed by atoms with Gasteiger partial charge in [-0.15, -0.1) is 0 Å². The number of aryl methyl sites for hydroxylation is 1. The number of nitrogens with one attached hydrogen (secondary N) is 2. The number of H-pyrrole nitrogens is 1. The number of carbonyl (C=O) groups is 1. The van der Waals surface area contributed by atoms with Gasteiger partial charge in [0, 0.05) is 36.8 Å². The summed E-state index contributed by atoms with van der Waals surface area (Å²) in [5, 5.41) is 19.4. The topological polar surface area (TPSA) is 107 Å². The summed E-state index contributed by atoms with van der Waals surface area (Å²) in [5.41, 5.74) is 0.348. The van der Waals surface area contributed by atoms with Crippen molar-refractivity contribution < 1.29 is 23.1 Å². The molecule has 3 N–H and O–H groups in total. The first-order valence-corrected chi connectivity index (χ1v) is 9.96.